The highest BCUT2D eigenvalue weighted by Crippen LogP contribution is 1.98. The van der Waals surface area contributed by atoms with E-state index in [0.717, 1.165) is 18.7 Å². The molecule has 5 nitrogen and oxygen atoms in total. The van der Waals surface area contributed by atoms with Crippen molar-refractivity contribution >= 4 is 0 Å². The second kappa shape index (κ2) is 12.8. The van der Waals surface area contributed by atoms with E-state index in [9.17, 15) is 5.11 Å². The van der Waals surface area contributed by atoms with Gasteiger partial charge in [0.05, 0.1) is 33.0 Å². The highest BCUT2D eigenvalue weighted by molar-refractivity contribution is 5.00. The zero-order valence-electron chi connectivity index (χ0n) is 11.8. The van der Waals surface area contributed by atoms with E-state index in [1.165, 1.54) is 0 Å². The normalized spacial score (nSPS) is 10.6. The van der Waals surface area contributed by atoms with Crippen LogP contribution in [0.15, 0.2) is 11.3 Å². The van der Waals surface area contributed by atoms with Crippen molar-refractivity contribution in [2.75, 3.05) is 52.7 Å². The summed E-state index contributed by atoms with van der Waals surface area (Å²) < 4.78 is 15.9. The lowest BCUT2D eigenvalue weighted by atomic mass is 10.3. The van der Waals surface area contributed by atoms with E-state index in [2.05, 4.69) is 12.2 Å². The third-order valence-corrected chi connectivity index (χ3v) is 2.23. The molecule has 0 aliphatic rings. The summed E-state index contributed by atoms with van der Waals surface area (Å²) in [6, 6.07) is 0. The highest BCUT2D eigenvalue weighted by Gasteiger charge is 1.96. The van der Waals surface area contributed by atoms with Crippen LogP contribution in [0.5, 0.6) is 0 Å². The van der Waals surface area contributed by atoms with E-state index in [1.54, 1.807) is 0 Å². The Kier molecular flexibility index (Phi) is 12.4. The van der Waals surface area contributed by atoms with E-state index < -0.39 is 0 Å². The van der Waals surface area contributed by atoms with E-state index in [4.69, 9.17) is 14.2 Å². The number of hydrogen-bond donors (Lipinski definition) is 2. The van der Waals surface area contributed by atoms with Gasteiger partial charge in [-0.25, -0.2) is 0 Å². The summed E-state index contributed by atoms with van der Waals surface area (Å²) in [5.74, 6) is 0.293. The molecule has 0 fully saturated rings. The minimum atomic E-state index is 0.255. The smallest absolute Gasteiger partial charge is 0.117 e. The van der Waals surface area contributed by atoms with E-state index in [1.807, 2.05) is 13.8 Å². The fourth-order valence-corrected chi connectivity index (χ4v) is 1.07. The summed E-state index contributed by atoms with van der Waals surface area (Å²) in [5, 5.41) is 12.5. The standard InChI is InChI=1S/C13H27NO4/c1-4-14-5-6-16-7-8-17-9-10-18-11-13(15)12(2)3/h14-15H,4-11H2,1-3H3. The van der Waals surface area contributed by atoms with Gasteiger partial charge < -0.3 is 24.6 Å². The Hall–Kier alpha value is -0.620. The molecular weight excluding hydrogens is 234 g/mol. The molecule has 18 heavy (non-hydrogen) atoms. The Bertz CT molecular complexity index is 215. The van der Waals surface area contributed by atoms with Crippen LogP contribution in [0, 0.1) is 0 Å². The molecule has 108 valence electrons. The molecule has 0 radical (unpaired) electrons. The summed E-state index contributed by atoms with van der Waals surface area (Å²) in [5.41, 5.74) is 0.880. The van der Waals surface area contributed by atoms with Crippen molar-refractivity contribution in [3.63, 3.8) is 0 Å². The van der Waals surface area contributed by atoms with Crippen molar-refractivity contribution < 1.29 is 19.3 Å². The van der Waals surface area contributed by atoms with Crippen LogP contribution < -0.4 is 5.32 Å². The van der Waals surface area contributed by atoms with E-state index >= 15 is 0 Å². The number of likely N-dealkylation sites (N-methyl/N-ethyl adjacent to an activating group) is 1. The van der Waals surface area contributed by atoms with Crippen LogP contribution in [0.1, 0.15) is 20.8 Å². The first kappa shape index (κ1) is 17.4. The number of aliphatic hydroxyl groups excluding tert-OH is 1. The molecule has 0 unspecified atom stereocenters. The molecule has 0 saturated heterocycles. The van der Waals surface area contributed by atoms with Gasteiger partial charge in [0.25, 0.3) is 0 Å². The van der Waals surface area contributed by atoms with Crippen molar-refractivity contribution in [1.82, 2.24) is 5.32 Å². The first-order valence-corrected chi connectivity index (χ1v) is 6.47. The van der Waals surface area contributed by atoms with Crippen LogP contribution in [0.25, 0.3) is 0 Å². The monoisotopic (exact) mass is 261 g/mol. The van der Waals surface area contributed by atoms with Crippen LogP contribution in [0.4, 0.5) is 0 Å². The molecule has 0 amide bonds. The number of aliphatic hydroxyl groups is 1. The second-order valence-corrected chi connectivity index (χ2v) is 4.08. The van der Waals surface area contributed by atoms with Gasteiger partial charge in [0, 0.05) is 6.54 Å². The maximum absolute atomic E-state index is 9.36. The minimum absolute atomic E-state index is 0.255. The highest BCUT2D eigenvalue weighted by atomic mass is 16.5. The van der Waals surface area contributed by atoms with Crippen LogP contribution >= 0.6 is 0 Å². The molecule has 2 N–H and O–H groups in total. The van der Waals surface area contributed by atoms with Crippen molar-refractivity contribution in [1.29, 1.82) is 0 Å². The molecule has 0 rings (SSSR count). The van der Waals surface area contributed by atoms with Gasteiger partial charge in [-0.05, 0) is 26.0 Å². The summed E-state index contributed by atoms with van der Waals surface area (Å²) in [7, 11) is 0. The van der Waals surface area contributed by atoms with Gasteiger partial charge in [-0.15, -0.1) is 0 Å². The Morgan fingerprint density at radius 2 is 1.50 bits per heavy atom. The lowest BCUT2D eigenvalue weighted by Gasteiger charge is -2.07. The molecule has 0 spiro atoms. The van der Waals surface area contributed by atoms with Crippen LogP contribution in [-0.2, 0) is 14.2 Å². The number of rotatable bonds is 12. The zero-order valence-corrected chi connectivity index (χ0v) is 11.8. The number of ether oxygens (including phenoxy) is 3. The molecule has 0 saturated carbocycles. The summed E-state index contributed by atoms with van der Waals surface area (Å²) in [6.07, 6.45) is 0. The van der Waals surface area contributed by atoms with Crippen molar-refractivity contribution in [2.45, 2.75) is 20.8 Å². The second-order valence-electron chi connectivity index (χ2n) is 4.08. The molecule has 0 aromatic carbocycles. The van der Waals surface area contributed by atoms with Gasteiger partial charge in [0.1, 0.15) is 12.4 Å². The van der Waals surface area contributed by atoms with Gasteiger partial charge in [-0.2, -0.15) is 0 Å². The average Bonchev–Trinajstić information content (AvgIpc) is 2.35. The SMILES string of the molecule is CCNCCOCCOCCOCC(O)=C(C)C. The first-order valence-electron chi connectivity index (χ1n) is 6.47. The molecule has 0 atom stereocenters. The fraction of sp³-hybridized carbons (Fsp3) is 0.846. The van der Waals surface area contributed by atoms with Gasteiger partial charge in [0.2, 0.25) is 0 Å². The Morgan fingerprint density at radius 1 is 0.944 bits per heavy atom. The molecule has 0 aromatic heterocycles. The Morgan fingerprint density at radius 3 is 2.06 bits per heavy atom. The molecule has 0 aromatic rings. The number of nitrogens with one attached hydrogen (secondary N) is 1. The Balaban J connectivity index is 3.10. The minimum Gasteiger partial charge on any atom is -0.510 e. The van der Waals surface area contributed by atoms with Crippen LogP contribution in [0.3, 0.4) is 0 Å². The molecule has 0 aliphatic heterocycles. The number of hydrogen-bond acceptors (Lipinski definition) is 5. The predicted molar refractivity (Wildman–Crippen MR) is 72.0 cm³/mol. The third kappa shape index (κ3) is 11.9. The average molecular weight is 261 g/mol. The molecule has 0 heterocycles. The fourth-order valence-electron chi connectivity index (χ4n) is 1.07. The topological polar surface area (TPSA) is 60.0 Å². The van der Waals surface area contributed by atoms with E-state index in [0.29, 0.717) is 38.8 Å². The van der Waals surface area contributed by atoms with Crippen LogP contribution in [0.2, 0.25) is 0 Å². The quantitative estimate of drug-likeness (QED) is 0.412. The zero-order chi connectivity index (χ0) is 13.6. The molecule has 0 aliphatic carbocycles. The van der Waals surface area contributed by atoms with Gasteiger partial charge >= 0.3 is 0 Å². The van der Waals surface area contributed by atoms with Gasteiger partial charge in [-0.3, -0.25) is 0 Å². The number of allylic oxidation sites excluding steroid dienone is 1. The third-order valence-electron chi connectivity index (χ3n) is 2.23. The maximum atomic E-state index is 9.36. The summed E-state index contributed by atoms with van der Waals surface area (Å²) in [6.45, 7) is 10.7. The summed E-state index contributed by atoms with van der Waals surface area (Å²) in [4.78, 5) is 0. The first-order chi connectivity index (χ1) is 8.68. The summed E-state index contributed by atoms with van der Waals surface area (Å²) >= 11 is 0. The molecule has 0 bridgehead atoms. The molecule has 5 heteroatoms. The van der Waals surface area contributed by atoms with Crippen molar-refractivity contribution in [3.8, 4) is 0 Å². The lowest BCUT2D eigenvalue weighted by molar-refractivity contribution is 0.0152. The molecular formula is C13H27NO4. The van der Waals surface area contributed by atoms with Gasteiger partial charge in [0.15, 0.2) is 0 Å². The van der Waals surface area contributed by atoms with Crippen molar-refractivity contribution in [3.05, 3.63) is 11.3 Å². The maximum Gasteiger partial charge on any atom is 0.117 e. The largest absolute Gasteiger partial charge is 0.510 e. The van der Waals surface area contributed by atoms with Gasteiger partial charge in [-0.1, -0.05) is 6.92 Å². The predicted octanol–water partition coefficient (Wildman–Crippen LogP) is 1.50. The lowest BCUT2D eigenvalue weighted by Crippen LogP contribution is -2.20. The van der Waals surface area contributed by atoms with Crippen LogP contribution in [-0.4, -0.2) is 57.8 Å². The Labute approximate surface area is 110 Å². The van der Waals surface area contributed by atoms with E-state index in [-0.39, 0.29) is 6.61 Å². The van der Waals surface area contributed by atoms with Crippen molar-refractivity contribution in [2.24, 2.45) is 0 Å².